The first-order chi connectivity index (χ1) is 15.0. The fourth-order valence-corrected chi connectivity index (χ4v) is 4.32. The van der Waals surface area contributed by atoms with Gasteiger partial charge in [-0.25, -0.2) is 12.8 Å². The van der Waals surface area contributed by atoms with Crippen molar-refractivity contribution in [3.05, 3.63) is 95.4 Å². The predicted molar refractivity (Wildman–Crippen MR) is 124 cm³/mol. The second kappa shape index (κ2) is 7.91. The van der Waals surface area contributed by atoms with Gasteiger partial charge in [0.2, 0.25) is 0 Å². The molecule has 1 heterocycles. The number of aromatic nitrogens is 1. The van der Waals surface area contributed by atoms with Crippen LogP contribution in [0.3, 0.4) is 0 Å². The van der Waals surface area contributed by atoms with Crippen LogP contribution in [0.5, 0.6) is 0 Å². The average molecular weight is 451 g/mol. The first kappa shape index (κ1) is 21.8. The highest BCUT2D eigenvalue weighted by molar-refractivity contribution is 7.90. The lowest BCUT2D eigenvalue weighted by atomic mass is 9.78. The summed E-state index contributed by atoms with van der Waals surface area (Å²) in [5, 5.41) is 3.63. The number of carbonyl (C=O) groups is 1. The van der Waals surface area contributed by atoms with E-state index >= 15 is 0 Å². The number of rotatable bonds is 5. The van der Waals surface area contributed by atoms with E-state index in [1.807, 2.05) is 32.0 Å². The topological polar surface area (TPSA) is 79.0 Å². The minimum atomic E-state index is -3.34. The number of halogens is 1. The van der Waals surface area contributed by atoms with Crippen LogP contribution in [0.4, 0.5) is 10.1 Å². The molecule has 4 aromatic rings. The highest BCUT2D eigenvalue weighted by atomic mass is 32.2. The first-order valence-electron chi connectivity index (χ1n) is 10.0. The Morgan fingerprint density at radius 2 is 1.66 bits per heavy atom. The van der Waals surface area contributed by atoms with Gasteiger partial charge in [0.25, 0.3) is 5.91 Å². The summed E-state index contributed by atoms with van der Waals surface area (Å²) in [7, 11) is -3.34. The molecule has 7 heteroatoms. The number of nitrogens with one attached hydrogen (secondary N) is 2. The highest BCUT2D eigenvalue weighted by Gasteiger charge is 2.23. The van der Waals surface area contributed by atoms with Crippen LogP contribution in [0.2, 0.25) is 0 Å². The van der Waals surface area contributed by atoms with Crippen molar-refractivity contribution in [3.8, 4) is 0 Å². The van der Waals surface area contributed by atoms with Crippen LogP contribution in [0.1, 0.15) is 35.5 Å². The molecular weight excluding hydrogens is 427 g/mol. The molecule has 164 valence electrons. The number of hydrogen-bond donors (Lipinski definition) is 2. The molecule has 0 aliphatic rings. The van der Waals surface area contributed by atoms with Crippen molar-refractivity contribution in [2.75, 3.05) is 11.6 Å². The Bertz CT molecular complexity index is 1420. The average Bonchev–Trinajstić information content (AvgIpc) is 3.17. The molecule has 4 rings (SSSR count). The quantitative estimate of drug-likeness (QED) is 0.434. The Morgan fingerprint density at radius 1 is 0.938 bits per heavy atom. The summed E-state index contributed by atoms with van der Waals surface area (Å²) >= 11 is 0. The molecular formula is C25H23FN2O3S. The molecule has 0 aliphatic heterocycles. The molecule has 0 fully saturated rings. The van der Waals surface area contributed by atoms with Gasteiger partial charge in [0.05, 0.1) is 4.90 Å². The van der Waals surface area contributed by atoms with E-state index in [1.165, 1.54) is 24.3 Å². The number of H-pyrrole nitrogens is 1. The molecule has 0 bridgehead atoms. The molecule has 0 saturated heterocycles. The van der Waals surface area contributed by atoms with Crippen molar-refractivity contribution in [3.63, 3.8) is 0 Å². The van der Waals surface area contributed by atoms with Crippen LogP contribution in [0.15, 0.2) is 77.7 Å². The lowest BCUT2D eigenvalue weighted by molar-refractivity contribution is 0.102. The number of anilines is 1. The molecule has 2 N–H and O–H groups in total. The fraction of sp³-hybridized carbons (Fsp3) is 0.160. The molecule has 0 spiro atoms. The van der Waals surface area contributed by atoms with Crippen molar-refractivity contribution in [2.24, 2.45) is 0 Å². The number of benzene rings is 3. The third kappa shape index (κ3) is 4.29. The lowest BCUT2D eigenvalue weighted by Crippen LogP contribution is -2.19. The Morgan fingerprint density at radius 3 is 2.34 bits per heavy atom. The molecule has 0 saturated carbocycles. The zero-order chi connectivity index (χ0) is 23.1. The summed E-state index contributed by atoms with van der Waals surface area (Å²) in [6.45, 7) is 4.08. The van der Waals surface area contributed by atoms with Crippen molar-refractivity contribution in [1.82, 2.24) is 4.98 Å². The second-order valence-electron chi connectivity index (χ2n) is 8.37. The molecule has 5 nitrogen and oxygen atoms in total. The SMILES string of the molecule is CC(C)(c1ccc(F)cc1)c1cccc(NC(=O)c2cc3ccc(S(C)(=O)=O)cc3[nH]2)c1. The maximum atomic E-state index is 13.3. The van der Waals surface area contributed by atoms with E-state index in [9.17, 15) is 17.6 Å². The van der Waals surface area contributed by atoms with Gasteiger partial charge in [-0.3, -0.25) is 4.79 Å². The predicted octanol–water partition coefficient (Wildman–Crippen LogP) is 5.29. The number of aromatic amines is 1. The molecule has 3 aromatic carbocycles. The van der Waals surface area contributed by atoms with E-state index in [0.29, 0.717) is 16.9 Å². The molecule has 0 unspecified atom stereocenters. The molecule has 0 radical (unpaired) electrons. The largest absolute Gasteiger partial charge is 0.350 e. The number of amides is 1. The lowest BCUT2D eigenvalue weighted by Gasteiger charge is -2.26. The minimum absolute atomic E-state index is 0.189. The second-order valence-corrected chi connectivity index (χ2v) is 10.4. The number of sulfone groups is 1. The Labute approximate surface area is 186 Å². The van der Waals surface area contributed by atoms with Crippen LogP contribution < -0.4 is 5.32 Å². The summed E-state index contributed by atoms with van der Waals surface area (Å²) in [6.07, 6.45) is 1.14. The van der Waals surface area contributed by atoms with Gasteiger partial charge in [0.1, 0.15) is 11.5 Å². The van der Waals surface area contributed by atoms with Crippen LogP contribution in [0, 0.1) is 5.82 Å². The molecule has 1 amide bonds. The van der Waals surface area contributed by atoms with Crippen molar-refractivity contribution in [2.45, 2.75) is 24.2 Å². The normalized spacial score (nSPS) is 12.1. The van der Waals surface area contributed by atoms with Gasteiger partial charge in [-0.05, 0) is 53.6 Å². The fourth-order valence-electron chi connectivity index (χ4n) is 3.68. The standard InChI is InChI=1S/C25H23FN2O3S/c1-25(2,17-8-10-19(26)11-9-17)18-5-4-6-20(14-18)27-24(29)23-13-16-7-12-21(32(3,30)31)15-22(16)28-23/h4-15,28H,1-3H3,(H,27,29). The monoisotopic (exact) mass is 450 g/mol. The number of carbonyl (C=O) groups excluding carboxylic acids is 1. The van der Waals surface area contributed by atoms with E-state index in [2.05, 4.69) is 10.3 Å². The maximum absolute atomic E-state index is 13.3. The van der Waals surface area contributed by atoms with Gasteiger partial charge in [-0.1, -0.05) is 44.2 Å². The van der Waals surface area contributed by atoms with E-state index < -0.39 is 15.3 Å². The molecule has 32 heavy (non-hydrogen) atoms. The van der Waals surface area contributed by atoms with Gasteiger partial charge < -0.3 is 10.3 Å². The molecule has 0 aliphatic carbocycles. The Kier molecular flexibility index (Phi) is 5.38. The van der Waals surface area contributed by atoms with Crippen LogP contribution in [-0.4, -0.2) is 25.6 Å². The summed E-state index contributed by atoms with van der Waals surface area (Å²) in [4.78, 5) is 16.0. The zero-order valence-electron chi connectivity index (χ0n) is 17.9. The summed E-state index contributed by atoms with van der Waals surface area (Å²) in [5.74, 6) is -0.619. The zero-order valence-corrected chi connectivity index (χ0v) is 18.8. The first-order valence-corrected chi connectivity index (χ1v) is 11.9. The Balaban J connectivity index is 1.59. The summed E-state index contributed by atoms with van der Waals surface area (Å²) in [5.41, 5.74) is 3.06. The Hall–Kier alpha value is -3.45. The van der Waals surface area contributed by atoms with Crippen LogP contribution in [0.25, 0.3) is 10.9 Å². The summed E-state index contributed by atoms with van der Waals surface area (Å²) < 4.78 is 36.9. The van der Waals surface area contributed by atoms with Crippen LogP contribution >= 0.6 is 0 Å². The highest BCUT2D eigenvalue weighted by Crippen LogP contribution is 2.33. The smallest absolute Gasteiger partial charge is 0.272 e. The van der Waals surface area contributed by atoms with Gasteiger partial charge >= 0.3 is 0 Å². The van der Waals surface area contributed by atoms with E-state index in [-0.39, 0.29) is 16.6 Å². The van der Waals surface area contributed by atoms with Gasteiger partial charge in [0.15, 0.2) is 9.84 Å². The van der Waals surface area contributed by atoms with Crippen LogP contribution in [-0.2, 0) is 15.3 Å². The number of fused-ring (bicyclic) bond motifs is 1. The van der Waals surface area contributed by atoms with Gasteiger partial charge in [0, 0.05) is 28.3 Å². The maximum Gasteiger partial charge on any atom is 0.272 e. The third-order valence-corrected chi connectivity index (χ3v) is 6.78. The summed E-state index contributed by atoms with van der Waals surface area (Å²) in [6, 6.07) is 20.3. The van der Waals surface area contributed by atoms with Crippen molar-refractivity contribution < 1.29 is 17.6 Å². The third-order valence-electron chi connectivity index (χ3n) is 5.67. The van der Waals surface area contributed by atoms with E-state index in [4.69, 9.17) is 0 Å². The molecule has 1 aromatic heterocycles. The molecule has 0 atom stereocenters. The van der Waals surface area contributed by atoms with Crippen molar-refractivity contribution in [1.29, 1.82) is 0 Å². The van der Waals surface area contributed by atoms with E-state index in [1.54, 1.807) is 30.3 Å². The van der Waals surface area contributed by atoms with E-state index in [0.717, 1.165) is 22.8 Å². The van der Waals surface area contributed by atoms with Gasteiger partial charge in [-0.2, -0.15) is 0 Å². The number of hydrogen-bond acceptors (Lipinski definition) is 3. The van der Waals surface area contributed by atoms with Gasteiger partial charge in [-0.15, -0.1) is 0 Å². The minimum Gasteiger partial charge on any atom is -0.350 e. The van der Waals surface area contributed by atoms with Crippen molar-refractivity contribution >= 4 is 32.3 Å².